The molecule has 0 radical (unpaired) electrons. The van der Waals surface area contributed by atoms with Crippen molar-refractivity contribution in [2.75, 3.05) is 23.8 Å². The van der Waals surface area contributed by atoms with E-state index < -0.39 is 0 Å². The number of aromatic nitrogens is 1. The second kappa shape index (κ2) is 7.55. The number of pyridine rings is 1. The van der Waals surface area contributed by atoms with Gasteiger partial charge in [-0.3, -0.25) is 9.78 Å². The summed E-state index contributed by atoms with van der Waals surface area (Å²) in [6.07, 6.45) is 1.57. The molecule has 27 heavy (non-hydrogen) atoms. The fraction of sp³-hybridized carbons (Fsp3) is 0.100. The largest absolute Gasteiger partial charge is 0.486 e. The maximum absolute atomic E-state index is 12.5. The van der Waals surface area contributed by atoms with Gasteiger partial charge in [-0.25, -0.2) is 0 Å². The molecule has 0 atom stereocenters. The van der Waals surface area contributed by atoms with Gasteiger partial charge in [0, 0.05) is 23.6 Å². The zero-order valence-corrected chi connectivity index (χ0v) is 15.0. The Balaban J connectivity index is 1.51. The van der Waals surface area contributed by atoms with Crippen LogP contribution in [0.2, 0.25) is 5.02 Å². The second-order valence-corrected chi connectivity index (χ2v) is 6.25. The monoisotopic (exact) mass is 381 g/mol. The number of benzene rings is 2. The summed E-state index contributed by atoms with van der Waals surface area (Å²) in [6, 6.07) is 16.1. The topological polar surface area (TPSA) is 72.5 Å². The molecule has 1 aliphatic rings. The van der Waals surface area contributed by atoms with E-state index in [4.69, 9.17) is 21.1 Å². The second-order valence-electron chi connectivity index (χ2n) is 5.85. The highest BCUT2D eigenvalue weighted by atomic mass is 35.5. The molecular formula is C20H16ClN3O3. The molecule has 0 unspecified atom stereocenters. The zero-order valence-electron chi connectivity index (χ0n) is 14.2. The number of amides is 1. The molecule has 0 saturated heterocycles. The summed E-state index contributed by atoms with van der Waals surface area (Å²) in [5.74, 6) is 1.08. The number of hydrogen-bond donors (Lipinski definition) is 2. The Morgan fingerprint density at radius 3 is 2.59 bits per heavy atom. The van der Waals surface area contributed by atoms with Crippen molar-refractivity contribution in [2.24, 2.45) is 0 Å². The Hall–Kier alpha value is -3.25. The molecular weight excluding hydrogens is 366 g/mol. The van der Waals surface area contributed by atoms with Crippen LogP contribution in [0.3, 0.4) is 0 Å². The Bertz CT molecular complexity index is 994. The molecule has 0 fully saturated rings. The third-order valence-corrected chi connectivity index (χ3v) is 4.28. The number of nitrogens with one attached hydrogen (secondary N) is 2. The van der Waals surface area contributed by atoms with Crippen LogP contribution >= 0.6 is 11.6 Å². The summed E-state index contributed by atoms with van der Waals surface area (Å²) < 4.78 is 11.1. The van der Waals surface area contributed by atoms with Gasteiger partial charge in [-0.1, -0.05) is 23.7 Å². The van der Waals surface area contributed by atoms with E-state index in [-0.39, 0.29) is 11.6 Å². The SMILES string of the molecule is O=C(Nc1ccccc1Cl)c1cc(Nc2ccc3c(c2)OCCO3)ccn1. The van der Waals surface area contributed by atoms with Crippen LogP contribution in [0.1, 0.15) is 10.5 Å². The van der Waals surface area contributed by atoms with Crippen LogP contribution in [0.5, 0.6) is 11.5 Å². The number of nitrogens with zero attached hydrogens (tertiary/aromatic N) is 1. The average molecular weight is 382 g/mol. The number of ether oxygens (including phenoxy) is 2. The maximum atomic E-state index is 12.5. The first-order chi connectivity index (χ1) is 13.2. The Morgan fingerprint density at radius 2 is 1.74 bits per heavy atom. The van der Waals surface area contributed by atoms with E-state index in [1.165, 1.54) is 0 Å². The van der Waals surface area contributed by atoms with E-state index >= 15 is 0 Å². The standard InChI is InChI=1S/C20H16ClN3O3/c21-15-3-1-2-4-16(15)24-20(25)17-11-14(7-8-22-17)23-13-5-6-18-19(12-13)27-10-9-26-18/h1-8,11-12H,9-10H2,(H,22,23)(H,24,25). The number of fused-ring (bicyclic) bond motifs is 1. The summed E-state index contributed by atoms with van der Waals surface area (Å²) in [5, 5.41) is 6.47. The fourth-order valence-corrected chi connectivity index (χ4v) is 2.85. The Kier molecular flexibility index (Phi) is 4.80. The van der Waals surface area contributed by atoms with Crippen molar-refractivity contribution in [1.82, 2.24) is 4.98 Å². The molecule has 1 amide bonds. The van der Waals surface area contributed by atoms with Gasteiger partial charge in [-0.05, 0) is 36.4 Å². The minimum absolute atomic E-state index is 0.275. The molecule has 7 heteroatoms. The number of para-hydroxylation sites is 1. The lowest BCUT2D eigenvalue weighted by atomic mass is 10.2. The molecule has 3 aromatic rings. The first kappa shape index (κ1) is 17.2. The van der Waals surface area contributed by atoms with Gasteiger partial charge in [0.15, 0.2) is 11.5 Å². The minimum atomic E-state index is -0.339. The van der Waals surface area contributed by atoms with Crippen molar-refractivity contribution >= 4 is 34.6 Å². The zero-order chi connectivity index (χ0) is 18.6. The lowest BCUT2D eigenvalue weighted by Gasteiger charge is -2.19. The van der Waals surface area contributed by atoms with Crippen molar-refractivity contribution in [3.63, 3.8) is 0 Å². The van der Waals surface area contributed by atoms with Gasteiger partial charge in [0.25, 0.3) is 5.91 Å². The molecule has 2 aromatic carbocycles. The highest BCUT2D eigenvalue weighted by molar-refractivity contribution is 6.33. The summed E-state index contributed by atoms with van der Waals surface area (Å²) in [6.45, 7) is 1.08. The maximum Gasteiger partial charge on any atom is 0.274 e. The van der Waals surface area contributed by atoms with Gasteiger partial charge in [0.1, 0.15) is 18.9 Å². The third-order valence-electron chi connectivity index (χ3n) is 3.95. The van der Waals surface area contributed by atoms with Gasteiger partial charge in [0.2, 0.25) is 0 Å². The lowest BCUT2D eigenvalue weighted by Crippen LogP contribution is -2.15. The van der Waals surface area contributed by atoms with Crippen molar-refractivity contribution < 1.29 is 14.3 Å². The van der Waals surface area contributed by atoms with E-state index in [0.29, 0.717) is 29.7 Å². The van der Waals surface area contributed by atoms with Crippen molar-refractivity contribution in [3.05, 3.63) is 71.5 Å². The third kappa shape index (κ3) is 3.96. The van der Waals surface area contributed by atoms with E-state index in [1.807, 2.05) is 18.2 Å². The summed E-state index contributed by atoms with van der Waals surface area (Å²) in [5.41, 5.74) is 2.36. The molecule has 2 heterocycles. The smallest absolute Gasteiger partial charge is 0.274 e. The quantitative estimate of drug-likeness (QED) is 0.696. The first-order valence-electron chi connectivity index (χ1n) is 8.38. The first-order valence-corrected chi connectivity index (χ1v) is 8.75. The average Bonchev–Trinajstić information content (AvgIpc) is 2.70. The van der Waals surface area contributed by atoms with Crippen molar-refractivity contribution in [3.8, 4) is 11.5 Å². The van der Waals surface area contributed by atoms with Crippen LogP contribution in [0.15, 0.2) is 60.8 Å². The summed E-state index contributed by atoms with van der Waals surface area (Å²) in [4.78, 5) is 16.6. The molecule has 0 aliphatic carbocycles. The number of carbonyl (C=O) groups excluding carboxylic acids is 1. The normalized spacial score (nSPS) is 12.3. The summed E-state index contributed by atoms with van der Waals surface area (Å²) in [7, 11) is 0. The molecule has 136 valence electrons. The highest BCUT2D eigenvalue weighted by Crippen LogP contribution is 2.33. The van der Waals surface area contributed by atoms with Gasteiger partial charge in [-0.15, -0.1) is 0 Å². The predicted molar refractivity (Wildman–Crippen MR) is 104 cm³/mol. The van der Waals surface area contributed by atoms with Crippen molar-refractivity contribution in [1.29, 1.82) is 0 Å². The Morgan fingerprint density at radius 1 is 0.963 bits per heavy atom. The number of halogens is 1. The molecule has 0 bridgehead atoms. The van der Waals surface area contributed by atoms with Gasteiger partial charge >= 0.3 is 0 Å². The predicted octanol–water partition coefficient (Wildman–Crippen LogP) is 4.50. The van der Waals surface area contributed by atoms with E-state index in [1.54, 1.807) is 42.6 Å². The van der Waals surface area contributed by atoms with E-state index in [9.17, 15) is 4.79 Å². The van der Waals surface area contributed by atoms with Crippen LogP contribution in [0.25, 0.3) is 0 Å². The van der Waals surface area contributed by atoms with Gasteiger partial charge < -0.3 is 20.1 Å². The number of hydrogen-bond acceptors (Lipinski definition) is 5. The van der Waals surface area contributed by atoms with Crippen LogP contribution in [-0.4, -0.2) is 24.1 Å². The number of anilines is 3. The Labute approximate surface area is 161 Å². The molecule has 1 aromatic heterocycles. The number of carbonyl (C=O) groups is 1. The van der Waals surface area contributed by atoms with Gasteiger partial charge in [0.05, 0.1) is 10.7 Å². The molecule has 4 rings (SSSR count). The van der Waals surface area contributed by atoms with Crippen LogP contribution in [-0.2, 0) is 0 Å². The highest BCUT2D eigenvalue weighted by Gasteiger charge is 2.13. The molecule has 6 nitrogen and oxygen atoms in total. The van der Waals surface area contributed by atoms with Gasteiger partial charge in [-0.2, -0.15) is 0 Å². The molecule has 0 saturated carbocycles. The lowest BCUT2D eigenvalue weighted by molar-refractivity contribution is 0.102. The fourth-order valence-electron chi connectivity index (χ4n) is 2.67. The van der Waals surface area contributed by atoms with E-state index in [2.05, 4.69) is 15.6 Å². The molecule has 1 aliphatic heterocycles. The molecule has 0 spiro atoms. The van der Waals surface area contributed by atoms with E-state index in [0.717, 1.165) is 17.1 Å². The minimum Gasteiger partial charge on any atom is -0.486 e. The molecule has 2 N–H and O–H groups in total. The van der Waals surface area contributed by atoms with Crippen LogP contribution < -0.4 is 20.1 Å². The van der Waals surface area contributed by atoms with Crippen molar-refractivity contribution in [2.45, 2.75) is 0 Å². The number of rotatable bonds is 4. The summed E-state index contributed by atoms with van der Waals surface area (Å²) >= 11 is 6.08. The van der Waals surface area contributed by atoms with Crippen LogP contribution in [0.4, 0.5) is 17.1 Å². The van der Waals surface area contributed by atoms with Crippen LogP contribution in [0, 0.1) is 0 Å².